The lowest BCUT2D eigenvalue weighted by Crippen LogP contribution is -2.42. The summed E-state index contributed by atoms with van der Waals surface area (Å²) in [4.78, 5) is 22.3. The standard InChI is InChI=1S/C8H7ClO5/c9-3-4-1(7(10)11)2-5(13-4)6(3)14-8(2)12/h1-6H,(H,10,11)/t1-,2+,3+,4-,5-,6+/m1/s1. The van der Waals surface area contributed by atoms with Gasteiger partial charge in [-0.2, -0.15) is 0 Å². The fourth-order valence-electron chi connectivity index (χ4n) is 2.60. The number of alkyl halides is 1. The Morgan fingerprint density at radius 3 is 2.71 bits per heavy atom. The van der Waals surface area contributed by atoms with E-state index in [4.69, 9.17) is 26.2 Å². The van der Waals surface area contributed by atoms with Crippen LogP contribution in [0.2, 0.25) is 0 Å². The quantitative estimate of drug-likeness (QED) is 0.480. The predicted octanol–water partition coefficient (Wildman–Crippen LogP) is -0.383. The molecule has 0 spiro atoms. The Morgan fingerprint density at radius 1 is 1.36 bits per heavy atom. The molecule has 0 radical (unpaired) electrons. The Labute approximate surface area is 83.9 Å². The van der Waals surface area contributed by atoms with Crippen LogP contribution >= 0.6 is 11.6 Å². The van der Waals surface area contributed by atoms with Crippen LogP contribution in [-0.2, 0) is 19.1 Å². The maximum atomic E-state index is 11.3. The van der Waals surface area contributed by atoms with Crippen LogP contribution in [0.4, 0.5) is 0 Å². The number of hydrogen-bond donors (Lipinski definition) is 1. The Bertz CT molecular complexity index is 330. The van der Waals surface area contributed by atoms with Crippen LogP contribution in [-0.4, -0.2) is 40.7 Å². The van der Waals surface area contributed by atoms with Crippen LogP contribution in [0.3, 0.4) is 0 Å². The van der Waals surface area contributed by atoms with E-state index in [0.29, 0.717) is 0 Å². The highest BCUT2D eigenvalue weighted by molar-refractivity contribution is 6.22. The van der Waals surface area contributed by atoms with Gasteiger partial charge in [0.05, 0.1) is 6.10 Å². The molecule has 3 aliphatic rings. The molecule has 3 heterocycles. The molecule has 2 bridgehead atoms. The first kappa shape index (κ1) is 8.49. The van der Waals surface area contributed by atoms with Crippen molar-refractivity contribution in [2.24, 2.45) is 11.8 Å². The monoisotopic (exact) mass is 218 g/mol. The maximum Gasteiger partial charge on any atom is 0.313 e. The zero-order valence-electron chi connectivity index (χ0n) is 6.92. The van der Waals surface area contributed by atoms with Crippen molar-refractivity contribution in [1.82, 2.24) is 0 Å². The van der Waals surface area contributed by atoms with Gasteiger partial charge >= 0.3 is 11.9 Å². The second-order valence-electron chi connectivity index (χ2n) is 3.80. The Hall–Kier alpha value is -0.810. The van der Waals surface area contributed by atoms with Crippen molar-refractivity contribution >= 4 is 23.5 Å². The lowest BCUT2D eigenvalue weighted by molar-refractivity contribution is -0.151. The van der Waals surface area contributed by atoms with Crippen LogP contribution in [0.25, 0.3) is 0 Å². The van der Waals surface area contributed by atoms with E-state index in [1.165, 1.54) is 0 Å². The summed E-state index contributed by atoms with van der Waals surface area (Å²) in [6.45, 7) is 0. The van der Waals surface area contributed by atoms with Crippen molar-refractivity contribution in [3.63, 3.8) is 0 Å². The topological polar surface area (TPSA) is 72.8 Å². The minimum absolute atomic E-state index is 0.448. The molecule has 6 heteroatoms. The minimum atomic E-state index is -1.04. The fraction of sp³-hybridized carbons (Fsp3) is 0.750. The van der Waals surface area contributed by atoms with Crippen LogP contribution in [0.5, 0.6) is 0 Å². The molecule has 0 aromatic heterocycles. The molecule has 3 fully saturated rings. The predicted molar refractivity (Wildman–Crippen MR) is 42.8 cm³/mol. The average Bonchev–Trinajstić information content (AvgIpc) is 2.67. The van der Waals surface area contributed by atoms with E-state index in [-0.39, 0.29) is 0 Å². The molecule has 0 aromatic carbocycles. The molecule has 0 unspecified atom stereocenters. The lowest BCUT2D eigenvalue weighted by atomic mass is 9.80. The van der Waals surface area contributed by atoms with Crippen molar-refractivity contribution in [2.75, 3.05) is 0 Å². The zero-order valence-corrected chi connectivity index (χ0v) is 7.68. The van der Waals surface area contributed by atoms with Crippen LogP contribution < -0.4 is 0 Å². The molecule has 0 aliphatic carbocycles. The van der Waals surface area contributed by atoms with Crippen LogP contribution in [0, 0.1) is 11.8 Å². The maximum absolute atomic E-state index is 11.3. The van der Waals surface area contributed by atoms with E-state index in [0.717, 1.165) is 0 Å². The van der Waals surface area contributed by atoms with E-state index in [9.17, 15) is 9.59 Å². The molecular weight excluding hydrogens is 212 g/mol. The van der Waals surface area contributed by atoms with Crippen LogP contribution in [0.15, 0.2) is 0 Å². The van der Waals surface area contributed by atoms with Crippen molar-refractivity contribution in [2.45, 2.75) is 23.7 Å². The number of rotatable bonds is 1. The summed E-state index contributed by atoms with van der Waals surface area (Å²) in [5.74, 6) is -3.02. The SMILES string of the molecule is O=C1O[C@H]2[C@@H](Cl)[C@@H]3O[C@@H]2[C@@H]1[C@H]3C(=O)O. The number of ether oxygens (including phenoxy) is 2. The van der Waals surface area contributed by atoms with E-state index in [1.807, 2.05) is 0 Å². The Kier molecular flexibility index (Phi) is 1.46. The summed E-state index contributed by atoms with van der Waals surface area (Å²) in [6, 6.07) is 0. The number of carbonyl (C=O) groups excluding carboxylic acids is 1. The largest absolute Gasteiger partial charge is 0.481 e. The van der Waals surface area contributed by atoms with Gasteiger partial charge in [0.1, 0.15) is 29.4 Å². The lowest BCUT2D eigenvalue weighted by Gasteiger charge is -2.20. The second kappa shape index (κ2) is 2.41. The molecule has 0 saturated carbocycles. The van der Waals surface area contributed by atoms with Crippen molar-refractivity contribution in [3.05, 3.63) is 0 Å². The number of carboxylic acids is 1. The normalized spacial score (nSPS) is 53.6. The highest BCUT2D eigenvalue weighted by Gasteiger charge is 2.70. The molecule has 1 N–H and O–H groups in total. The summed E-state index contributed by atoms with van der Waals surface area (Å²) >= 11 is 5.94. The van der Waals surface area contributed by atoms with Gasteiger partial charge in [-0.05, 0) is 0 Å². The number of hydrogen-bond acceptors (Lipinski definition) is 4. The van der Waals surface area contributed by atoms with E-state index < -0.39 is 47.5 Å². The van der Waals surface area contributed by atoms with Gasteiger partial charge in [-0.25, -0.2) is 0 Å². The van der Waals surface area contributed by atoms with E-state index in [2.05, 4.69) is 0 Å². The number of halogens is 1. The number of carboxylic acid groups (broad SMARTS) is 1. The summed E-state index contributed by atoms with van der Waals surface area (Å²) in [5, 5.41) is 8.42. The summed E-state index contributed by atoms with van der Waals surface area (Å²) in [7, 11) is 0. The third-order valence-corrected chi connectivity index (χ3v) is 3.67. The smallest absolute Gasteiger partial charge is 0.313 e. The van der Waals surface area contributed by atoms with E-state index >= 15 is 0 Å². The second-order valence-corrected chi connectivity index (χ2v) is 4.30. The molecule has 14 heavy (non-hydrogen) atoms. The zero-order chi connectivity index (χ0) is 10.0. The summed E-state index contributed by atoms with van der Waals surface area (Å²) in [5.41, 5.74) is 0. The first-order valence-corrected chi connectivity index (χ1v) is 4.78. The van der Waals surface area contributed by atoms with Crippen molar-refractivity contribution in [3.8, 4) is 0 Å². The Balaban J connectivity index is 2.04. The average molecular weight is 219 g/mol. The molecule has 3 saturated heterocycles. The highest BCUT2D eigenvalue weighted by Crippen LogP contribution is 2.51. The third-order valence-electron chi connectivity index (χ3n) is 3.17. The van der Waals surface area contributed by atoms with Gasteiger partial charge in [0.15, 0.2) is 0 Å². The van der Waals surface area contributed by atoms with Gasteiger partial charge < -0.3 is 14.6 Å². The molecule has 3 aliphatic heterocycles. The molecule has 0 amide bonds. The molecule has 3 rings (SSSR count). The fourth-order valence-corrected chi connectivity index (χ4v) is 3.01. The Morgan fingerprint density at radius 2 is 2.07 bits per heavy atom. The number of aliphatic carboxylic acids is 1. The van der Waals surface area contributed by atoms with Gasteiger partial charge in [-0.15, -0.1) is 11.6 Å². The van der Waals surface area contributed by atoms with E-state index in [1.54, 1.807) is 0 Å². The van der Waals surface area contributed by atoms with Gasteiger partial charge in [0.25, 0.3) is 0 Å². The van der Waals surface area contributed by atoms with Gasteiger partial charge in [0.2, 0.25) is 0 Å². The summed E-state index contributed by atoms with van der Waals surface area (Å²) in [6.07, 6.45) is -1.48. The number of fused-ring (bicyclic) bond motifs is 1. The highest BCUT2D eigenvalue weighted by atomic mass is 35.5. The van der Waals surface area contributed by atoms with Gasteiger partial charge in [-0.3, -0.25) is 9.59 Å². The third kappa shape index (κ3) is 0.757. The van der Waals surface area contributed by atoms with Crippen LogP contribution in [0.1, 0.15) is 0 Å². The van der Waals surface area contributed by atoms with Crippen molar-refractivity contribution in [1.29, 1.82) is 0 Å². The first-order chi connectivity index (χ1) is 6.61. The minimum Gasteiger partial charge on any atom is -0.481 e. The molecule has 0 aromatic rings. The van der Waals surface area contributed by atoms with Gasteiger partial charge in [0, 0.05) is 0 Å². The molecule has 6 atom stereocenters. The first-order valence-electron chi connectivity index (χ1n) is 4.34. The number of carbonyl (C=O) groups is 2. The molecule has 5 nitrogen and oxygen atoms in total. The molecule has 76 valence electrons. The number of esters is 1. The summed E-state index contributed by atoms with van der Waals surface area (Å²) < 4.78 is 10.3. The van der Waals surface area contributed by atoms with Crippen molar-refractivity contribution < 1.29 is 24.2 Å². The molecular formula is C8H7ClO5. The van der Waals surface area contributed by atoms with Gasteiger partial charge in [-0.1, -0.05) is 0 Å².